The van der Waals surface area contributed by atoms with Crippen molar-refractivity contribution in [2.75, 3.05) is 13.6 Å². The van der Waals surface area contributed by atoms with E-state index in [-0.39, 0.29) is 19.6 Å². The van der Waals surface area contributed by atoms with Gasteiger partial charge in [0.2, 0.25) is 0 Å². The van der Waals surface area contributed by atoms with Crippen LogP contribution in [0, 0.1) is 0 Å². The van der Waals surface area contributed by atoms with Gasteiger partial charge in [-0.2, -0.15) is 0 Å². The van der Waals surface area contributed by atoms with Crippen LogP contribution in [-0.4, -0.2) is 38.1 Å². The molecule has 2 N–H and O–H groups in total. The van der Waals surface area contributed by atoms with Crippen molar-refractivity contribution >= 4 is 21.2 Å². The molecule has 0 aliphatic heterocycles. The normalized spacial score (nSPS) is 10.9. The summed E-state index contributed by atoms with van der Waals surface area (Å²) >= 11 is 0. The van der Waals surface area contributed by atoms with Gasteiger partial charge in [-0.15, -0.1) is 0 Å². The third-order valence-corrected chi connectivity index (χ3v) is 3.32. The van der Waals surface area contributed by atoms with Crippen LogP contribution in [0.2, 0.25) is 0 Å². The molecule has 8 heteroatoms. The summed E-state index contributed by atoms with van der Waals surface area (Å²) in [6.07, 6.45) is -1.01. The molecule has 7 nitrogen and oxygen atoms in total. The van der Waals surface area contributed by atoms with E-state index in [1.54, 1.807) is 12.1 Å². The molecular formula is C12H16N2O5S. The Morgan fingerprint density at radius 2 is 1.85 bits per heavy atom. The number of benzene rings is 1. The third-order valence-electron chi connectivity index (χ3n) is 2.49. The molecule has 20 heavy (non-hydrogen) atoms. The van der Waals surface area contributed by atoms with E-state index < -0.39 is 21.2 Å². The van der Waals surface area contributed by atoms with Gasteiger partial charge in [0.1, 0.15) is 6.61 Å². The predicted molar refractivity (Wildman–Crippen MR) is 72.0 cm³/mol. The minimum Gasteiger partial charge on any atom is -0.445 e. The van der Waals surface area contributed by atoms with E-state index in [1.807, 2.05) is 18.2 Å². The molecule has 0 fully saturated rings. The fraction of sp³-hybridized carbons (Fsp3) is 0.333. The summed E-state index contributed by atoms with van der Waals surface area (Å²) in [5, 5.41) is 3.55. The SMILES string of the molecule is CN(CCC(=O)S(N)(=O)=O)C(=O)OCc1ccccc1. The molecular weight excluding hydrogens is 284 g/mol. The highest BCUT2D eigenvalue weighted by atomic mass is 32.2. The van der Waals surface area contributed by atoms with Crippen LogP contribution in [0.1, 0.15) is 12.0 Å². The Hall–Kier alpha value is -1.93. The van der Waals surface area contributed by atoms with Gasteiger partial charge in [0, 0.05) is 20.0 Å². The maximum absolute atomic E-state index is 11.6. The molecule has 0 aliphatic carbocycles. The Balaban J connectivity index is 2.38. The van der Waals surface area contributed by atoms with Crippen LogP contribution in [0.5, 0.6) is 0 Å². The Labute approximate surface area is 117 Å². The first-order chi connectivity index (χ1) is 9.30. The van der Waals surface area contributed by atoms with Gasteiger partial charge in [0.25, 0.3) is 15.1 Å². The van der Waals surface area contributed by atoms with Crippen molar-refractivity contribution < 1.29 is 22.7 Å². The zero-order chi connectivity index (χ0) is 15.2. The van der Waals surface area contributed by atoms with Gasteiger partial charge in [0.05, 0.1) is 0 Å². The molecule has 0 aromatic heterocycles. The number of sulfonamides is 1. The molecule has 0 saturated heterocycles. The number of amides is 1. The lowest BCUT2D eigenvalue weighted by Gasteiger charge is -2.16. The summed E-state index contributed by atoms with van der Waals surface area (Å²) < 4.78 is 26.4. The molecule has 0 saturated carbocycles. The number of primary sulfonamides is 1. The van der Waals surface area contributed by atoms with Gasteiger partial charge in [0.15, 0.2) is 0 Å². The topological polar surface area (TPSA) is 107 Å². The fourth-order valence-corrected chi connectivity index (χ4v) is 1.70. The Morgan fingerprint density at radius 1 is 1.25 bits per heavy atom. The van der Waals surface area contributed by atoms with Gasteiger partial charge < -0.3 is 9.64 Å². The summed E-state index contributed by atoms with van der Waals surface area (Å²) in [5.74, 6) is 0. The zero-order valence-corrected chi connectivity index (χ0v) is 11.8. The van der Waals surface area contributed by atoms with Crippen molar-refractivity contribution in [3.63, 3.8) is 0 Å². The Bertz CT molecular complexity index is 571. The molecule has 0 radical (unpaired) electrons. The van der Waals surface area contributed by atoms with E-state index in [1.165, 1.54) is 7.05 Å². The minimum absolute atomic E-state index is 0.0805. The average Bonchev–Trinajstić information content (AvgIpc) is 2.41. The lowest BCUT2D eigenvalue weighted by molar-refractivity contribution is -0.112. The fourth-order valence-electron chi connectivity index (χ4n) is 1.32. The summed E-state index contributed by atoms with van der Waals surface area (Å²) in [5.41, 5.74) is 0.829. The Kier molecular flexibility index (Phi) is 5.66. The lowest BCUT2D eigenvalue weighted by Crippen LogP contribution is -2.32. The van der Waals surface area contributed by atoms with Crippen LogP contribution in [0.15, 0.2) is 30.3 Å². The first-order valence-corrected chi connectivity index (χ1v) is 7.33. The summed E-state index contributed by atoms with van der Waals surface area (Å²) in [4.78, 5) is 23.8. The van der Waals surface area contributed by atoms with Crippen LogP contribution in [0.3, 0.4) is 0 Å². The average molecular weight is 300 g/mol. The van der Waals surface area contributed by atoms with Gasteiger partial charge in [-0.3, -0.25) is 4.79 Å². The molecule has 0 unspecified atom stereocenters. The van der Waals surface area contributed by atoms with E-state index in [4.69, 9.17) is 4.74 Å². The van der Waals surface area contributed by atoms with E-state index in [9.17, 15) is 18.0 Å². The quantitative estimate of drug-likeness (QED) is 0.850. The second kappa shape index (κ2) is 7.01. The molecule has 0 aliphatic rings. The molecule has 1 aromatic rings. The van der Waals surface area contributed by atoms with E-state index in [0.29, 0.717) is 0 Å². The zero-order valence-electron chi connectivity index (χ0n) is 11.0. The molecule has 1 amide bonds. The van der Waals surface area contributed by atoms with Crippen LogP contribution < -0.4 is 5.14 Å². The number of nitrogens with two attached hydrogens (primary N) is 1. The van der Waals surface area contributed by atoms with Crippen molar-refractivity contribution in [1.82, 2.24) is 4.90 Å². The van der Waals surface area contributed by atoms with E-state index >= 15 is 0 Å². The van der Waals surface area contributed by atoms with Gasteiger partial charge in [-0.1, -0.05) is 30.3 Å². The van der Waals surface area contributed by atoms with Crippen LogP contribution >= 0.6 is 0 Å². The van der Waals surface area contributed by atoms with Gasteiger partial charge >= 0.3 is 6.09 Å². The van der Waals surface area contributed by atoms with Crippen LogP contribution in [-0.2, 0) is 26.2 Å². The predicted octanol–water partition coefficient (Wildman–Crippen LogP) is 0.460. The number of rotatable bonds is 5. The molecule has 0 heterocycles. The van der Waals surface area contributed by atoms with Crippen molar-refractivity contribution in [2.24, 2.45) is 5.14 Å². The van der Waals surface area contributed by atoms with Crippen molar-refractivity contribution in [1.29, 1.82) is 0 Å². The molecule has 1 rings (SSSR count). The Morgan fingerprint density at radius 3 is 2.40 bits per heavy atom. The summed E-state index contributed by atoms with van der Waals surface area (Å²) in [7, 11) is -2.79. The highest BCUT2D eigenvalue weighted by Crippen LogP contribution is 2.03. The molecule has 0 atom stereocenters. The largest absolute Gasteiger partial charge is 0.445 e. The minimum atomic E-state index is -4.20. The number of ether oxygens (including phenoxy) is 1. The number of nitrogens with zero attached hydrogens (tertiary/aromatic N) is 1. The van der Waals surface area contributed by atoms with Crippen LogP contribution in [0.25, 0.3) is 0 Å². The highest BCUT2D eigenvalue weighted by molar-refractivity contribution is 8.04. The summed E-state index contributed by atoms with van der Waals surface area (Å²) in [6.45, 7) is 0.0238. The first kappa shape index (κ1) is 16.1. The van der Waals surface area contributed by atoms with Crippen molar-refractivity contribution in [3.05, 3.63) is 35.9 Å². The maximum atomic E-state index is 11.6. The molecule has 0 bridgehead atoms. The molecule has 0 spiro atoms. The third kappa shape index (κ3) is 5.37. The number of hydrogen-bond acceptors (Lipinski definition) is 5. The standard InChI is InChI=1S/C12H16N2O5S/c1-14(8-7-11(15)20(13,17)18)12(16)19-9-10-5-3-2-4-6-10/h2-6H,7-9H2,1H3,(H2,13,17,18). The van der Waals surface area contributed by atoms with Crippen molar-refractivity contribution in [3.8, 4) is 0 Å². The number of carbonyl (C=O) groups is 2. The number of carbonyl (C=O) groups excluding carboxylic acids is 2. The summed E-state index contributed by atoms with van der Waals surface area (Å²) in [6, 6.07) is 9.08. The highest BCUT2D eigenvalue weighted by Gasteiger charge is 2.18. The van der Waals surface area contributed by atoms with Gasteiger partial charge in [-0.25, -0.2) is 18.4 Å². The smallest absolute Gasteiger partial charge is 0.409 e. The first-order valence-electron chi connectivity index (χ1n) is 5.78. The van der Waals surface area contributed by atoms with Crippen molar-refractivity contribution in [2.45, 2.75) is 13.0 Å². The maximum Gasteiger partial charge on any atom is 0.409 e. The number of hydrogen-bond donors (Lipinski definition) is 1. The van der Waals surface area contributed by atoms with E-state index in [0.717, 1.165) is 10.5 Å². The monoisotopic (exact) mass is 300 g/mol. The van der Waals surface area contributed by atoms with E-state index in [2.05, 4.69) is 5.14 Å². The second-order valence-electron chi connectivity index (χ2n) is 4.13. The lowest BCUT2D eigenvalue weighted by atomic mass is 10.2. The van der Waals surface area contributed by atoms with Gasteiger partial charge in [-0.05, 0) is 5.56 Å². The molecule has 110 valence electrons. The van der Waals surface area contributed by atoms with Crippen LogP contribution in [0.4, 0.5) is 4.79 Å². The molecule has 1 aromatic carbocycles. The second-order valence-corrected chi connectivity index (χ2v) is 5.67.